The average Bonchev–Trinajstić information content (AvgIpc) is 2.61. The molecule has 0 aliphatic rings. The summed E-state index contributed by atoms with van der Waals surface area (Å²) in [7, 11) is -6.67. The van der Waals surface area contributed by atoms with E-state index in [-0.39, 0.29) is 0 Å². The molecule has 0 bridgehead atoms. The fraction of sp³-hybridized carbons (Fsp3) is 0.100. The maximum absolute atomic E-state index is 13.5. The molecule has 0 atom stereocenters. The van der Waals surface area contributed by atoms with Gasteiger partial charge in [-0.2, -0.15) is 8.42 Å². The first-order valence-electron chi connectivity index (χ1n) is 8.03. The van der Waals surface area contributed by atoms with E-state index in [9.17, 15) is 17.2 Å². The van der Waals surface area contributed by atoms with Crippen molar-refractivity contribution >= 4 is 20.4 Å². The number of hydrogen-bond donors (Lipinski definition) is 0. The van der Waals surface area contributed by atoms with Crippen molar-refractivity contribution in [3.8, 4) is 0 Å². The lowest BCUT2D eigenvalue weighted by Crippen LogP contribution is -2.13. The third-order valence-corrected chi connectivity index (χ3v) is 8.48. The van der Waals surface area contributed by atoms with Gasteiger partial charge in [-0.25, -0.2) is 12.4 Å². The second kappa shape index (κ2) is 7.42. The van der Waals surface area contributed by atoms with Crippen molar-refractivity contribution < 1.29 is 20.8 Å². The lowest BCUT2D eigenvalue weighted by Gasteiger charge is -2.39. The average molecular weight is 408 g/mol. The van der Waals surface area contributed by atoms with Crippen LogP contribution in [0.2, 0.25) is 0 Å². The maximum atomic E-state index is 13.5. The van der Waals surface area contributed by atoms with Crippen molar-refractivity contribution in [2.24, 2.45) is 0 Å². The largest absolute Gasteiger partial charge is 0.274 e. The van der Waals surface area contributed by atoms with Gasteiger partial charge in [-0.1, -0.05) is 17.7 Å². The zero-order chi connectivity index (χ0) is 19.7. The van der Waals surface area contributed by atoms with E-state index < -0.39 is 32.1 Å². The highest BCUT2D eigenvalue weighted by molar-refractivity contribution is 8.33. The summed E-state index contributed by atoms with van der Waals surface area (Å²) in [6, 6.07) is 18.2. The van der Waals surface area contributed by atoms with Crippen molar-refractivity contribution in [1.29, 1.82) is 0 Å². The Morgan fingerprint density at radius 3 is 1.33 bits per heavy atom. The van der Waals surface area contributed by atoms with Gasteiger partial charge in [0.05, 0.1) is 6.26 Å². The maximum Gasteiger partial charge on any atom is 0.274 e. The Morgan fingerprint density at radius 1 is 0.667 bits per heavy atom. The lowest BCUT2D eigenvalue weighted by molar-refractivity contribution is 0.515. The molecule has 0 aliphatic carbocycles. The topological polar surface area (TPSA) is 43.4 Å². The van der Waals surface area contributed by atoms with Gasteiger partial charge in [0.15, 0.2) is 0 Å². The van der Waals surface area contributed by atoms with Crippen LogP contribution < -0.4 is 0 Å². The van der Waals surface area contributed by atoms with Gasteiger partial charge < -0.3 is 0 Å². The van der Waals surface area contributed by atoms with E-state index in [1.165, 1.54) is 48.5 Å². The van der Waals surface area contributed by atoms with Crippen LogP contribution in [0, 0.1) is 18.6 Å². The smallest absolute Gasteiger partial charge is 0.207 e. The molecule has 0 spiro atoms. The molecule has 0 N–H and O–H groups in total. The molecule has 142 valence electrons. The van der Waals surface area contributed by atoms with Crippen LogP contribution >= 0.6 is 10.3 Å². The highest BCUT2D eigenvalue weighted by atomic mass is 32.3. The zero-order valence-electron chi connectivity index (χ0n) is 14.7. The predicted molar refractivity (Wildman–Crippen MR) is 102 cm³/mol. The first-order chi connectivity index (χ1) is 12.7. The van der Waals surface area contributed by atoms with Crippen molar-refractivity contribution in [1.82, 2.24) is 0 Å². The second-order valence-corrected chi connectivity index (χ2v) is 10.5. The third kappa shape index (κ3) is 4.21. The van der Waals surface area contributed by atoms with Gasteiger partial charge in [-0.3, -0.25) is 0 Å². The Hall–Kier alpha value is -2.22. The molecular formula is C20H18F2O3S2. The second-order valence-electron chi connectivity index (χ2n) is 6.05. The van der Waals surface area contributed by atoms with Crippen LogP contribution in [0.15, 0.2) is 87.5 Å². The standard InChI is InChI=1S/C20H18F2O3S2/c1-15-3-9-18(10-4-15)27(25-26(2,23)24,19-11-5-16(21)6-12-19)20-13-7-17(22)8-14-20/h3-14H,1-2H3. The summed E-state index contributed by atoms with van der Waals surface area (Å²) < 4.78 is 57.2. The van der Waals surface area contributed by atoms with Crippen LogP contribution in [-0.2, 0) is 13.7 Å². The van der Waals surface area contributed by atoms with E-state index in [4.69, 9.17) is 3.63 Å². The van der Waals surface area contributed by atoms with Crippen LogP contribution in [0.1, 0.15) is 5.56 Å². The van der Waals surface area contributed by atoms with Gasteiger partial charge in [0.1, 0.15) is 11.6 Å². The van der Waals surface area contributed by atoms with Crippen LogP contribution in [0.3, 0.4) is 0 Å². The normalized spacial score (nSPS) is 12.7. The minimum Gasteiger partial charge on any atom is -0.207 e. The molecule has 3 nitrogen and oxygen atoms in total. The highest BCUT2D eigenvalue weighted by Gasteiger charge is 2.36. The van der Waals surface area contributed by atoms with E-state index in [0.29, 0.717) is 14.7 Å². The van der Waals surface area contributed by atoms with Gasteiger partial charge in [0.2, 0.25) is 0 Å². The van der Waals surface area contributed by atoms with Gasteiger partial charge >= 0.3 is 0 Å². The zero-order valence-corrected chi connectivity index (χ0v) is 16.4. The Bertz CT molecular complexity index is 919. The lowest BCUT2D eigenvalue weighted by atomic mass is 10.2. The third-order valence-electron chi connectivity index (χ3n) is 3.87. The number of halogens is 2. The predicted octanol–water partition coefficient (Wildman–Crippen LogP) is 5.45. The molecule has 0 unspecified atom stereocenters. The number of aryl methyl sites for hydroxylation is 1. The molecule has 7 heteroatoms. The number of hydrogen-bond acceptors (Lipinski definition) is 3. The Morgan fingerprint density at radius 2 is 1.00 bits per heavy atom. The molecule has 0 radical (unpaired) electrons. The Kier molecular flexibility index (Phi) is 5.37. The SMILES string of the molecule is Cc1ccc(S(OS(C)(=O)=O)(c2ccc(F)cc2)c2ccc(F)cc2)cc1. The summed E-state index contributed by atoms with van der Waals surface area (Å²) in [6.45, 7) is 1.91. The van der Waals surface area contributed by atoms with Gasteiger partial charge in [-0.05, 0) is 77.9 Å². The quantitative estimate of drug-likeness (QED) is 0.564. The Labute approximate surface area is 159 Å². The molecule has 0 saturated heterocycles. The minimum absolute atomic E-state index is 0.450. The molecular weight excluding hydrogens is 390 g/mol. The molecule has 0 aromatic heterocycles. The molecule has 0 aliphatic heterocycles. The fourth-order valence-corrected chi connectivity index (χ4v) is 7.49. The monoisotopic (exact) mass is 408 g/mol. The summed E-state index contributed by atoms with van der Waals surface area (Å²) in [5.74, 6) is -0.899. The van der Waals surface area contributed by atoms with E-state index in [1.807, 2.05) is 19.1 Å². The van der Waals surface area contributed by atoms with E-state index in [2.05, 4.69) is 0 Å². The van der Waals surface area contributed by atoms with E-state index in [1.54, 1.807) is 12.1 Å². The number of rotatable bonds is 5. The molecule has 3 aromatic carbocycles. The highest BCUT2D eigenvalue weighted by Crippen LogP contribution is 2.69. The van der Waals surface area contributed by atoms with Crippen molar-refractivity contribution in [2.75, 3.05) is 6.26 Å². The van der Waals surface area contributed by atoms with Crippen LogP contribution in [-0.4, -0.2) is 14.7 Å². The van der Waals surface area contributed by atoms with Crippen molar-refractivity contribution in [3.05, 3.63) is 90.0 Å². The Balaban J connectivity index is 2.37. The fourth-order valence-electron chi connectivity index (χ4n) is 2.69. The summed E-state index contributed by atoms with van der Waals surface area (Å²) in [5, 5.41) is 0. The first kappa shape index (κ1) is 19.5. The molecule has 3 aromatic rings. The van der Waals surface area contributed by atoms with Gasteiger partial charge in [0.25, 0.3) is 10.1 Å². The van der Waals surface area contributed by atoms with Gasteiger partial charge in [-0.15, -0.1) is 0 Å². The number of benzene rings is 3. The molecule has 0 amide bonds. The molecule has 0 fully saturated rings. The van der Waals surface area contributed by atoms with Crippen molar-refractivity contribution in [3.63, 3.8) is 0 Å². The van der Waals surface area contributed by atoms with E-state index >= 15 is 0 Å². The molecule has 0 saturated carbocycles. The minimum atomic E-state index is -3.91. The van der Waals surface area contributed by atoms with Gasteiger partial charge in [0, 0.05) is 14.7 Å². The summed E-state index contributed by atoms with van der Waals surface area (Å²) in [4.78, 5) is 1.59. The summed E-state index contributed by atoms with van der Waals surface area (Å²) in [6.07, 6.45) is 0.968. The van der Waals surface area contributed by atoms with Crippen LogP contribution in [0.5, 0.6) is 0 Å². The first-order valence-corrected chi connectivity index (χ1v) is 11.4. The summed E-state index contributed by atoms with van der Waals surface area (Å²) in [5.41, 5.74) is 0.990. The van der Waals surface area contributed by atoms with Crippen LogP contribution in [0.25, 0.3) is 0 Å². The molecule has 0 heterocycles. The molecule has 3 rings (SSSR count). The van der Waals surface area contributed by atoms with Crippen LogP contribution in [0.4, 0.5) is 8.78 Å². The van der Waals surface area contributed by atoms with E-state index in [0.717, 1.165) is 11.8 Å². The summed E-state index contributed by atoms with van der Waals surface area (Å²) >= 11 is 0. The molecule has 27 heavy (non-hydrogen) atoms. The van der Waals surface area contributed by atoms with Crippen molar-refractivity contribution in [2.45, 2.75) is 21.6 Å².